The molecule has 0 aromatic rings. The molecule has 1 fully saturated rings. The molecule has 0 aliphatic carbocycles. The van der Waals surface area contributed by atoms with Crippen molar-refractivity contribution >= 4 is 28.5 Å². The topological polar surface area (TPSA) is 43.4 Å². The first-order valence-corrected chi connectivity index (χ1v) is 7.01. The van der Waals surface area contributed by atoms with Crippen LogP contribution in [0.25, 0.3) is 0 Å². The zero-order chi connectivity index (χ0) is 10.6. The molecule has 0 radical (unpaired) electrons. The van der Waals surface area contributed by atoms with Crippen LogP contribution in [0.4, 0.5) is 0 Å². The van der Waals surface area contributed by atoms with Crippen molar-refractivity contribution < 1.29 is 13.7 Å². The van der Waals surface area contributed by atoms with E-state index in [1.165, 1.54) is 6.92 Å². The van der Waals surface area contributed by atoms with Crippen LogP contribution in [0.5, 0.6) is 0 Å². The fourth-order valence-electron chi connectivity index (χ4n) is 1.41. The minimum atomic E-state index is -0.718. The number of ether oxygens (including phenoxy) is 1. The van der Waals surface area contributed by atoms with Gasteiger partial charge in [0.05, 0.1) is 10.7 Å². The fourth-order valence-corrected chi connectivity index (χ4v) is 4.90. The Labute approximate surface area is 91.4 Å². The zero-order valence-corrected chi connectivity index (χ0v) is 10.2. The summed E-state index contributed by atoms with van der Waals surface area (Å²) < 4.78 is 16.3. The molecule has 0 bridgehead atoms. The molecule has 1 aliphatic heterocycles. The van der Waals surface area contributed by atoms with Crippen LogP contribution in [0.1, 0.15) is 26.7 Å². The van der Waals surface area contributed by atoms with Gasteiger partial charge in [-0.3, -0.25) is 9.00 Å². The molecule has 2 unspecified atom stereocenters. The van der Waals surface area contributed by atoms with Crippen LogP contribution < -0.4 is 0 Å². The Kier molecular flexibility index (Phi) is 4.44. The predicted molar refractivity (Wildman–Crippen MR) is 59.7 cm³/mol. The standard InChI is InChI=1S/C9H16O3S2/c1-8(10)12-5-3-4-9(2)13-6-7-14(9)11/h3-7H2,1-2H3. The fraction of sp³-hybridized carbons (Fsp3) is 0.889. The first-order valence-electron chi connectivity index (χ1n) is 4.70. The Balaban J connectivity index is 2.23. The number of rotatable bonds is 4. The van der Waals surface area contributed by atoms with E-state index in [-0.39, 0.29) is 10.0 Å². The maximum Gasteiger partial charge on any atom is 0.302 e. The molecule has 0 spiro atoms. The van der Waals surface area contributed by atoms with Crippen molar-refractivity contribution in [1.29, 1.82) is 0 Å². The summed E-state index contributed by atoms with van der Waals surface area (Å²) >= 11 is 1.77. The van der Waals surface area contributed by atoms with Gasteiger partial charge in [-0.2, -0.15) is 0 Å². The number of esters is 1. The van der Waals surface area contributed by atoms with Crippen LogP contribution in [-0.2, 0) is 20.3 Å². The van der Waals surface area contributed by atoms with Crippen molar-refractivity contribution in [2.24, 2.45) is 0 Å². The lowest BCUT2D eigenvalue weighted by molar-refractivity contribution is -0.141. The van der Waals surface area contributed by atoms with Gasteiger partial charge in [-0.05, 0) is 19.8 Å². The van der Waals surface area contributed by atoms with Crippen molar-refractivity contribution in [3.63, 3.8) is 0 Å². The zero-order valence-electron chi connectivity index (χ0n) is 8.58. The number of hydrogen-bond acceptors (Lipinski definition) is 4. The smallest absolute Gasteiger partial charge is 0.302 e. The van der Waals surface area contributed by atoms with Crippen LogP contribution in [0.3, 0.4) is 0 Å². The van der Waals surface area contributed by atoms with Gasteiger partial charge in [0, 0.05) is 29.2 Å². The molecule has 0 saturated carbocycles. The van der Waals surface area contributed by atoms with Crippen LogP contribution >= 0.6 is 11.8 Å². The monoisotopic (exact) mass is 236 g/mol. The Morgan fingerprint density at radius 2 is 2.36 bits per heavy atom. The average molecular weight is 236 g/mol. The lowest BCUT2D eigenvalue weighted by Crippen LogP contribution is -2.23. The summed E-state index contributed by atoms with van der Waals surface area (Å²) in [6.07, 6.45) is 1.66. The minimum absolute atomic E-state index is 0.111. The molecule has 3 nitrogen and oxygen atoms in total. The van der Waals surface area contributed by atoms with Crippen LogP contribution in [0.2, 0.25) is 0 Å². The maximum atomic E-state index is 11.6. The molecule has 5 heteroatoms. The van der Waals surface area contributed by atoms with Gasteiger partial charge in [0.25, 0.3) is 0 Å². The second kappa shape index (κ2) is 5.16. The third-order valence-corrected chi connectivity index (χ3v) is 6.37. The molecule has 0 amide bonds. The van der Waals surface area contributed by atoms with Gasteiger partial charge >= 0.3 is 5.97 Å². The second-order valence-corrected chi connectivity index (χ2v) is 7.33. The molecule has 2 atom stereocenters. The van der Waals surface area contributed by atoms with E-state index < -0.39 is 10.8 Å². The van der Waals surface area contributed by atoms with Gasteiger partial charge in [-0.1, -0.05) is 0 Å². The van der Waals surface area contributed by atoms with Crippen LogP contribution in [-0.4, -0.2) is 32.4 Å². The lowest BCUT2D eigenvalue weighted by atomic mass is 10.2. The van der Waals surface area contributed by atoms with Crippen LogP contribution in [0, 0.1) is 0 Å². The number of hydrogen-bond donors (Lipinski definition) is 0. The quantitative estimate of drug-likeness (QED) is 0.548. The first kappa shape index (κ1) is 12.0. The third kappa shape index (κ3) is 3.28. The van der Waals surface area contributed by atoms with E-state index in [1.807, 2.05) is 6.92 Å². The summed E-state index contributed by atoms with van der Waals surface area (Å²) in [5.41, 5.74) is 0. The molecule has 1 heterocycles. The van der Waals surface area contributed by atoms with E-state index >= 15 is 0 Å². The van der Waals surface area contributed by atoms with Gasteiger partial charge < -0.3 is 4.74 Å². The van der Waals surface area contributed by atoms with E-state index in [1.54, 1.807) is 11.8 Å². The number of thioether (sulfide) groups is 1. The van der Waals surface area contributed by atoms with Crippen molar-refractivity contribution in [2.75, 3.05) is 18.1 Å². The molecule has 0 aromatic carbocycles. The Morgan fingerprint density at radius 3 is 2.86 bits per heavy atom. The predicted octanol–water partition coefficient (Wildman–Crippen LogP) is 1.54. The molecule has 1 aliphatic rings. The molecule has 0 aromatic heterocycles. The molecule has 0 N–H and O–H groups in total. The van der Waals surface area contributed by atoms with Crippen molar-refractivity contribution in [2.45, 2.75) is 30.8 Å². The van der Waals surface area contributed by atoms with Gasteiger partial charge in [-0.25, -0.2) is 0 Å². The highest BCUT2D eigenvalue weighted by Gasteiger charge is 2.36. The minimum Gasteiger partial charge on any atom is -0.466 e. The Bertz CT molecular complexity index is 242. The lowest BCUT2D eigenvalue weighted by Gasteiger charge is -2.20. The van der Waals surface area contributed by atoms with Gasteiger partial charge in [-0.15, -0.1) is 11.8 Å². The second-order valence-electron chi connectivity index (χ2n) is 3.48. The van der Waals surface area contributed by atoms with E-state index in [2.05, 4.69) is 0 Å². The summed E-state index contributed by atoms with van der Waals surface area (Å²) in [5.74, 6) is 1.54. The van der Waals surface area contributed by atoms with E-state index in [0.717, 1.165) is 24.3 Å². The van der Waals surface area contributed by atoms with Crippen molar-refractivity contribution in [1.82, 2.24) is 0 Å². The Morgan fingerprint density at radius 1 is 1.64 bits per heavy atom. The molecular formula is C9H16O3S2. The normalized spacial score (nSPS) is 31.7. The van der Waals surface area contributed by atoms with Crippen molar-refractivity contribution in [3.8, 4) is 0 Å². The summed E-state index contributed by atoms with van der Waals surface area (Å²) in [7, 11) is -0.718. The third-order valence-electron chi connectivity index (χ3n) is 2.24. The highest BCUT2D eigenvalue weighted by Crippen LogP contribution is 2.39. The molecule has 14 heavy (non-hydrogen) atoms. The number of carbonyl (C=O) groups is 1. The number of carbonyl (C=O) groups excluding carboxylic acids is 1. The van der Waals surface area contributed by atoms with Gasteiger partial charge in [0.2, 0.25) is 0 Å². The summed E-state index contributed by atoms with van der Waals surface area (Å²) in [4.78, 5) is 10.5. The van der Waals surface area contributed by atoms with E-state index in [0.29, 0.717) is 6.61 Å². The molecular weight excluding hydrogens is 220 g/mol. The van der Waals surface area contributed by atoms with Gasteiger partial charge in [0.15, 0.2) is 0 Å². The average Bonchev–Trinajstić information content (AvgIpc) is 2.42. The summed E-state index contributed by atoms with van der Waals surface area (Å²) in [6.45, 7) is 3.89. The largest absolute Gasteiger partial charge is 0.466 e. The summed E-state index contributed by atoms with van der Waals surface area (Å²) in [6, 6.07) is 0. The first-order chi connectivity index (χ1) is 6.54. The van der Waals surface area contributed by atoms with E-state index in [4.69, 9.17) is 4.74 Å². The van der Waals surface area contributed by atoms with Crippen molar-refractivity contribution in [3.05, 3.63) is 0 Å². The molecule has 82 valence electrons. The SMILES string of the molecule is CC(=O)OCCCC1(C)SCCS1=O. The van der Waals surface area contributed by atoms with E-state index in [9.17, 15) is 9.00 Å². The highest BCUT2D eigenvalue weighted by atomic mass is 32.2. The Hall–Kier alpha value is -0.0300. The van der Waals surface area contributed by atoms with Gasteiger partial charge in [0.1, 0.15) is 0 Å². The molecule has 1 rings (SSSR count). The van der Waals surface area contributed by atoms with Crippen LogP contribution in [0.15, 0.2) is 0 Å². The molecule has 1 saturated heterocycles. The summed E-state index contributed by atoms with van der Waals surface area (Å²) in [5, 5.41) is 0. The highest BCUT2D eigenvalue weighted by molar-refractivity contribution is 8.15. The maximum absolute atomic E-state index is 11.6.